The lowest BCUT2D eigenvalue weighted by molar-refractivity contribution is -0.175. The van der Waals surface area contributed by atoms with Crippen LogP contribution in [0.4, 0.5) is 0 Å². The van der Waals surface area contributed by atoms with E-state index >= 15 is 0 Å². The summed E-state index contributed by atoms with van der Waals surface area (Å²) in [6.45, 7) is 5.66. The van der Waals surface area contributed by atoms with Gasteiger partial charge in [0.15, 0.2) is 34.7 Å². The molecule has 0 radical (unpaired) electrons. The fourth-order valence-electron chi connectivity index (χ4n) is 5.37. The number of benzene rings is 1. The summed E-state index contributed by atoms with van der Waals surface area (Å²) < 4.78 is 0. The maximum atomic E-state index is 13.3. The van der Waals surface area contributed by atoms with Crippen LogP contribution in [0.15, 0.2) is 18.7 Å². The van der Waals surface area contributed by atoms with E-state index in [4.69, 9.17) is 5.73 Å². The minimum Gasteiger partial charge on any atom is -0.507 e. The van der Waals surface area contributed by atoms with Crippen LogP contribution >= 0.6 is 0 Å². The molecule has 1 aromatic rings. The average molecular weight is 411 g/mol. The molecular formula is C22H21NO7. The zero-order valence-corrected chi connectivity index (χ0v) is 16.3. The number of nitrogens with two attached hydrogens (primary N) is 1. The van der Waals surface area contributed by atoms with Crippen LogP contribution in [0.3, 0.4) is 0 Å². The third kappa shape index (κ3) is 2.46. The number of primary amides is 1. The number of amides is 1. The zero-order chi connectivity index (χ0) is 22.1. The number of carbonyl (C=O) groups is 5. The molecule has 4 N–H and O–H groups in total. The first-order chi connectivity index (χ1) is 14.0. The number of hydrogen-bond acceptors (Lipinski definition) is 7. The first-order valence-electron chi connectivity index (χ1n) is 9.68. The van der Waals surface area contributed by atoms with Gasteiger partial charge in [0, 0.05) is 12.3 Å². The summed E-state index contributed by atoms with van der Waals surface area (Å²) >= 11 is 0. The van der Waals surface area contributed by atoms with E-state index in [0.29, 0.717) is 16.7 Å². The standard InChI is InChI=1S/C22H21NO7/c1-8(2)11-3-4-13(24)16-12(11)6-9-5-10-7-14(25)17(21(23)29)20(28)22(10,30)19(27)15(9)18(16)26/h3-4,9-10,15,17,24,30H,1,5-7H2,2H3,(H2,23,29)/t9-,10+,15?,17?,22+/m1/s1. The van der Waals surface area contributed by atoms with Crippen LogP contribution in [0.2, 0.25) is 0 Å². The lowest BCUT2D eigenvalue weighted by atomic mass is 9.53. The van der Waals surface area contributed by atoms with Gasteiger partial charge in [0.2, 0.25) is 5.91 Å². The molecule has 1 amide bonds. The molecule has 0 saturated heterocycles. The molecule has 3 aliphatic rings. The van der Waals surface area contributed by atoms with E-state index in [9.17, 15) is 34.2 Å². The highest BCUT2D eigenvalue weighted by molar-refractivity contribution is 6.31. The molecule has 156 valence electrons. The van der Waals surface area contributed by atoms with Gasteiger partial charge in [-0.25, -0.2) is 0 Å². The molecule has 30 heavy (non-hydrogen) atoms. The predicted molar refractivity (Wildman–Crippen MR) is 103 cm³/mol. The Hall–Kier alpha value is -3.13. The summed E-state index contributed by atoms with van der Waals surface area (Å²) in [6.07, 6.45) is -0.0200. The van der Waals surface area contributed by atoms with E-state index in [0.717, 1.165) is 0 Å². The lowest BCUT2D eigenvalue weighted by Gasteiger charge is -2.48. The molecule has 0 heterocycles. The van der Waals surface area contributed by atoms with Crippen molar-refractivity contribution in [3.05, 3.63) is 35.4 Å². The van der Waals surface area contributed by atoms with Crippen molar-refractivity contribution in [2.45, 2.75) is 31.8 Å². The highest BCUT2D eigenvalue weighted by Crippen LogP contribution is 2.50. The van der Waals surface area contributed by atoms with Crippen LogP contribution in [-0.2, 0) is 25.6 Å². The topological polar surface area (TPSA) is 152 Å². The zero-order valence-electron chi connectivity index (χ0n) is 16.3. The first-order valence-corrected chi connectivity index (χ1v) is 9.68. The molecule has 0 aliphatic heterocycles. The quantitative estimate of drug-likeness (QED) is 0.594. The Kier molecular flexibility index (Phi) is 4.32. The summed E-state index contributed by atoms with van der Waals surface area (Å²) in [7, 11) is 0. The summed E-state index contributed by atoms with van der Waals surface area (Å²) in [6, 6.07) is 3.00. The van der Waals surface area contributed by atoms with Gasteiger partial charge >= 0.3 is 0 Å². The highest BCUT2D eigenvalue weighted by Gasteiger charge is 2.66. The maximum Gasteiger partial charge on any atom is 0.235 e. The molecule has 8 heteroatoms. The Bertz CT molecular complexity index is 1070. The number of hydrogen-bond donors (Lipinski definition) is 3. The lowest BCUT2D eigenvalue weighted by Crippen LogP contribution is -2.68. The minimum absolute atomic E-state index is 0.0158. The van der Waals surface area contributed by atoms with Crippen LogP contribution in [0, 0.1) is 23.7 Å². The highest BCUT2D eigenvalue weighted by atomic mass is 16.3. The van der Waals surface area contributed by atoms with Crippen molar-refractivity contribution in [1.29, 1.82) is 0 Å². The van der Waals surface area contributed by atoms with Gasteiger partial charge in [-0.2, -0.15) is 0 Å². The number of phenolic OH excluding ortho intramolecular Hbond substituents is 1. The van der Waals surface area contributed by atoms with Crippen molar-refractivity contribution in [3.63, 3.8) is 0 Å². The number of aromatic hydroxyl groups is 1. The van der Waals surface area contributed by atoms with Gasteiger partial charge in [-0.05, 0) is 42.9 Å². The van der Waals surface area contributed by atoms with Gasteiger partial charge in [-0.1, -0.05) is 18.2 Å². The first kappa shape index (κ1) is 20.2. The fraction of sp³-hybridized carbons (Fsp3) is 0.409. The van der Waals surface area contributed by atoms with E-state index in [2.05, 4.69) is 6.58 Å². The smallest absolute Gasteiger partial charge is 0.235 e. The third-order valence-electron chi connectivity index (χ3n) is 6.75. The van der Waals surface area contributed by atoms with E-state index in [1.165, 1.54) is 6.07 Å². The van der Waals surface area contributed by atoms with E-state index in [1.807, 2.05) is 0 Å². The maximum absolute atomic E-state index is 13.3. The molecule has 4 rings (SSSR count). The summed E-state index contributed by atoms with van der Waals surface area (Å²) in [5.41, 5.74) is 4.45. The number of allylic oxidation sites excluding steroid dienone is 1. The van der Waals surface area contributed by atoms with E-state index in [1.54, 1.807) is 13.0 Å². The van der Waals surface area contributed by atoms with Crippen LogP contribution in [-0.4, -0.2) is 44.9 Å². The molecule has 0 aromatic heterocycles. The van der Waals surface area contributed by atoms with Gasteiger partial charge in [0.05, 0.1) is 11.5 Å². The Morgan fingerprint density at radius 3 is 2.43 bits per heavy atom. The Labute approximate surface area is 171 Å². The SMILES string of the molecule is C=C(C)c1ccc(O)c2c1C[C@H]1C[C@H]3CC(=O)C(C(N)=O)C(=O)[C@@]3(O)C(=O)C1C2=O. The Morgan fingerprint density at radius 1 is 1.17 bits per heavy atom. The number of fused-ring (bicyclic) bond motifs is 3. The van der Waals surface area contributed by atoms with Crippen molar-refractivity contribution in [2.24, 2.45) is 29.4 Å². The summed E-state index contributed by atoms with van der Waals surface area (Å²) in [5.74, 6) is -10.0. The fourth-order valence-corrected chi connectivity index (χ4v) is 5.37. The van der Waals surface area contributed by atoms with E-state index in [-0.39, 0.29) is 30.6 Å². The number of carbonyl (C=O) groups excluding carboxylic acids is 5. The predicted octanol–water partition coefficient (Wildman–Crippen LogP) is 0.360. The van der Waals surface area contributed by atoms with Gasteiger partial charge in [0.25, 0.3) is 0 Å². The second-order valence-electron chi connectivity index (χ2n) is 8.51. The molecular weight excluding hydrogens is 390 g/mol. The third-order valence-corrected chi connectivity index (χ3v) is 6.75. The molecule has 8 nitrogen and oxygen atoms in total. The minimum atomic E-state index is -2.62. The number of phenols is 1. The average Bonchev–Trinajstić information content (AvgIpc) is 2.64. The van der Waals surface area contributed by atoms with Gasteiger partial charge in [-0.15, -0.1) is 0 Å². The summed E-state index contributed by atoms with van der Waals surface area (Å²) in [4.78, 5) is 63.3. The normalized spacial score (nSPS) is 32.9. The molecule has 2 fully saturated rings. The van der Waals surface area contributed by atoms with Crippen molar-refractivity contribution >= 4 is 34.6 Å². The number of rotatable bonds is 2. The molecule has 2 saturated carbocycles. The molecule has 3 aliphatic carbocycles. The Balaban J connectivity index is 1.84. The van der Waals surface area contributed by atoms with Crippen LogP contribution in [0.1, 0.15) is 41.3 Å². The van der Waals surface area contributed by atoms with Crippen molar-refractivity contribution < 1.29 is 34.2 Å². The molecule has 5 atom stereocenters. The monoisotopic (exact) mass is 411 g/mol. The van der Waals surface area contributed by atoms with Gasteiger partial charge in [-0.3, -0.25) is 24.0 Å². The second-order valence-corrected chi connectivity index (χ2v) is 8.51. The van der Waals surface area contributed by atoms with Crippen LogP contribution in [0.5, 0.6) is 5.75 Å². The number of ketones is 4. The molecule has 1 aromatic carbocycles. The number of Topliss-reactive ketones (excluding diaryl/α,β-unsaturated/α-hetero) is 4. The van der Waals surface area contributed by atoms with Crippen molar-refractivity contribution in [3.8, 4) is 5.75 Å². The molecule has 0 spiro atoms. The van der Waals surface area contributed by atoms with Crippen LogP contribution in [0.25, 0.3) is 5.57 Å². The van der Waals surface area contributed by atoms with Crippen molar-refractivity contribution in [1.82, 2.24) is 0 Å². The summed E-state index contributed by atoms with van der Waals surface area (Å²) in [5, 5.41) is 21.4. The Morgan fingerprint density at radius 2 is 1.83 bits per heavy atom. The van der Waals surface area contributed by atoms with Gasteiger partial charge < -0.3 is 15.9 Å². The number of aliphatic hydroxyl groups is 1. The second kappa shape index (κ2) is 6.43. The van der Waals surface area contributed by atoms with E-state index < -0.39 is 58.3 Å². The largest absolute Gasteiger partial charge is 0.507 e. The molecule has 2 unspecified atom stereocenters. The van der Waals surface area contributed by atoms with Gasteiger partial charge in [0.1, 0.15) is 5.75 Å². The molecule has 0 bridgehead atoms. The van der Waals surface area contributed by atoms with Crippen LogP contribution < -0.4 is 5.73 Å². The van der Waals surface area contributed by atoms with Crippen molar-refractivity contribution in [2.75, 3.05) is 0 Å².